The van der Waals surface area contributed by atoms with Crippen molar-refractivity contribution < 1.29 is 196 Å². The molecule has 0 rings (SSSR count). The summed E-state index contributed by atoms with van der Waals surface area (Å²) >= 11 is 0. The molecule has 42 heteroatoms. The van der Waals surface area contributed by atoms with E-state index in [1.54, 1.807) is 0 Å². The molecule has 58 heavy (non-hydrogen) atoms. The fourth-order valence-corrected chi connectivity index (χ4v) is 3.74. The molecule has 0 aliphatic carbocycles. The summed E-state index contributed by atoms with van der Waals surface area (Å²) in [5, 5.41) is 0. The minimum absolute atomic E-state index is 0. The van der Waals surface area contributed by atoms with E-state index in [-0.39, 0.29) is 18.9 Å². The molecule has 0 fully saturated rings. The van der Waals surface area contributed by atoms with Crippen LogP contribution in [0.5, 0.6) is 0 Å². The van der Waals surface area contributed by atoms with Gasteiger partial charge in [-0.25, -0.2) is 0 Å². The molecule has 4 nitrogen and oxygen atoms in total. The number of halogens is 36. The van der Waals surface area contributed by atoms with Crippen LogP contribution in [0.4, 0.5) is 158 Å². The van der Waals surface area contributed by atoms with Gasteiger partial charge in [-0.15, -0.1) is 0 Å². The van der Waals surface area contributed by atoms with Gasteiger partial charge >= 0.3 is 122 Å². The minimum Gasteiger partial charge on any atom is -0.493 e. The minimum atomic E-state index is -11.9. The van der Waals surface area contributed by atoms with Crippen LogP contribution >= 0.6 is 0 Å². The SMILES string of the molecule is FC(F)(F)C(O[B-](OC(C(F)(F)F)(C(F)(F)F)C(F)(F)F)(OC(C(F)(F)F)(C(F)(F)F)C(F)(F)F)OC(C(F)(F)F)(C(F)(F)F)C(F)(F)F)(C(F)(F)F)C(F)(F)F.[Li+]. The van der Waals surface area contributed by atoms with Gasteiger partial charge in [0.25, 0.3) is 0 Å². The normalized spacial score (nSPS) is 16.8. The van der Waals surface area contributed by atoms with E-state index in [0.29, 0.717) is 0 Å². The molecule has 0 spiro atoms. The molecule has 0 N–H and O–H groups in total. The summed E-state index contributed by atoms with van der Waals surface area (Å²) in [5.74, 6) is 0. The third-order valence-electron chi connectivity index (χ3n) is 6.07. The molecule has 0 aliphatic rings. The smallest absolute Gasteiger partial charge is 0.493 e. The number of hydrogen-bond donors (Lipinski definition) is 0. The molecule has 0 heterocycles. The summed E-state index contributed by atoms with van der Waals surface area (Å²) < 4.78 is 492. The largest absolute Gasteiger partial charge is 1.00 e. The van der Waals surface area contributed by atoms with E-state index in [1.807, 2.05) is 0 Å². The monoisotopic (exact) mass is 958 g/mol. The molecule has 0 radical (unpaired) electrons. The van der Waals surface area contributed by atoms with Crippen LogP contribution in [0.15, 0.2) is 0 Å². The molecule has 0 bridgehead atoms. The van der Waals surface area contributed by atoms with Gasteiger partial charge in [0, 0.05) is 0 Å². The van der Waals surface area contributed by atoms with Crippen molar-refractivity contribution in [1.82, 2.24) is 0 Å². The second-order valence-corrected chi connectivity index (χ2v) is 9.75. The summed E-state index contributed by atoms with van der Waals surface area (Å²) in [5.41, 5.74) is -40.7. The molecule has 0 aromatic heterocycles. The van der Waals surface area contributed by atoms with E-state index in [9.17, 15) is 158 Å². The maximum absolute atomic E-state index is 13.6. The maximum Gasteiger partial charge on any atom is 1.00 e. The fraction of sp³-hybridized carbons (Fsp3) is 1.00. The molecule has 0 saturated heterocycles. The first-order chi connectivity index (χ1) is 23.8. The van der Waals surface area contributed by atoms with Crippen LogP contribution in [0, 0.1) is 0 Å². The van der Waals surface area contributed by atoms with E-state index in [1.165, 1.54) is 0 Å². The first-order valence-corrected chi connectivity index (χ1v) is 11.6. The number of hydrogen-bond acceptors (Lipinski definition) is 4. The molecule has 0 aromatic carbocycles. The molecule has 0 amide bonds. The fourth-order valence-electron chi connectivity index (χ4n) is 3.74. The third-order valence-corrected chi connectivity index (χ3v) is 6.07. The summed E-state index contributed by atoms with van der Waals surface area (Å²) in [6.07, 6.45) is -116. The average molecular weight is 958 g/mol. The van der Waals surface area contributed by atoms with Gasteiger partial charge in [-0.3, -0.25) is 0 Å². The van der Waals surface area contributed by atoms with E-state index < -0.39 is 103 Å². The average Bonchev–Trinajstić information content (AvgIpc) is 2.77. The third kappa shape index (κ3) is 8.97. The van der Waals surface area contributed by atoms with Gasteiger partial charge in [-0.2, -0.15) is 158 Å². The van der Waals surface area contributed by atoms with Crippen LogP contribution in [0.1, 0.15) is 0 Å². The van der Waals surface area contributed by atoms with Crippen LogP contribution in [0.25, 0.3) is 0 Å². The predicted octanol–water partition coefficient (Wildman–Crippen LogP) is 8.20. The summed E-state index contributed by atoms with van der Waals surface area (Å²) in [7, 11) is 0. The molecule has 0 unspecified atom stereocenters. The van der Waals surface area contributed by atoms with Crippen molar-refractivity contribution in [3.8, 4) is 0 Å². The predicted molar refractivity (Wildman–Crippen MR) is 93.7 cm³/mol. The van der Waals surface area contributed by atoms with Gasteiger partial charge < -0.3 is 18.6 Å². The molecular formula is C16BF36LiO4. The molecule has 0 aromatic rings. The second-order valence-electron chi connectivity index (χ2n) is 9.75. The topological polar surface area (TPSA) is 36.9 Å². The van der Waals surface area contributed by atoms with Gasteiger partial charge in [0.2, 0.25) is 0 Å². The second kappa shape index (κ2) is 14.8. The number of rotatable bonds is 8. The van der Waals surface area contributed by atoms with Crippen molar-refractivity contribution in [2.24, 2.45) is 0 Å². The van der Waals surface area contributed by atoms with E-state index in [4.69, 9.17) is 0 Å². The van der Waals surface area contributed by atoms with Crippen molar-refractivity contribution >= 4 is 6.96 Å². The Kier molecular flexibility index (Phi) is 14.8. The van der Waals surface area contributed by atoms with Crippen LogP contribution in [0.2, 0.25) is 0 Å². The Balaban J connectivity index is 0. The van der Waals surface area contributed by atoms with Crippen LogP contribution < -0.4 is 18.9 Å². The molecule has 0 saturated carbocycles. The zero-order valence-corrected chi connectivity index (χ0v) is 24.8. The maximum atomic E-state index is 13.6. The quantitative estimate of drug-likeness (QED) is 0.182. The van der Waals surface area contributed by atoms with Gasteiger partial charge in [0.05, 0.1) is 0 Å². The first-order valence-electron chi connectivity index (χ1n) is 11.6. The Morgan fingerprint density at radius 2 is 0.241 bits per heavy atom. The summed E-state index contributed by atoms with van der Waals surface area (Å²) in [4.78, 5) is 0. The van der Waals surface area contributed by atoms with Gasteiger partial charge in [-0.1, -0.05) is 0 Å². The Labute approximate surface area is 300 Å². The van der Waals surface area contributed by atoms with Crippen molar-refractivity contribution in [3.63, 3.8) is 0 Å². The standard InChI is InChI=1S/C16BF36O4.Li/c18-5(19,20)1(6(21,22)23,7(24,25)26)54-17(55-2(8(27,28)29,9(30,31)32)10(33,34)35,56-3(11(36,37)38,12(39,40)41)13(42,43)44)57-4(14(45,46)47,15(48,49)50)16(51,52)53;/q-1;+1. The summed E-state index contributed by atoms with van der Waals surface area (Å²) in [6, 6.07) is 0. The van der Waals surface area contributed by atoms with E-state index in [2.05, 4.69) is 0 Å². The van der Waals surface area contributed by atoms with Crippen LogP contribution in [0.3, 0.4) is 0 Å². The zero-order chi connectivity index (χ0) is 47.3. The Bertz CT molecular complexity index is 1030. The Hall–Kier alpha value is -2.02. The zero-order valence-electron chi connectivity index (χ0n) is 24.8. The Morgan fingerprint density at radius 1 is 0.172 bits per heavy atom. The van der Waals surface area contributed by atoms with Gasteiger partial charge in [0.1, 0.15) is 0 Å². The molecule has 344 valence electrons. The van der Waals surface area contributed by atoms with Crippen LogP contribution in [-0.4, -0.2) is 103 Å². The first kappa shape index (κ1) is 58.1. The van der Waals surface area contributed by atoms with E-state index >= 15 is 0 Å². The van der Waals surface area contributed by atoms with Crippen molar-refractivity contribution in [2.45, 2.75) is 96.5 Å². The summed E-state index contributed by atoms with van der Waals surface area (Å²) in [6.45, 7) is -11.9. The molecular weight excluding hydrogens is 958 g/mol. The van der Waals surface area contributed by atoms with Crippen molar-refractivity contribution in [2.75, 3.05) is 0 Å². The number of alkyl halides is 36. The Morgan fingerprint density at radius 3 is 0.293 bits per heavy atom. The van der Waals surface area contributed by atoms with Gasteiger partial charge in [-0.05, 0) is 0 Å². The molecule has 0 atom stereocenters. The van der Waals surface area contributed by atoms with Crippen molar-refractivity contribution in [1.29, 1.82) is 0 Å². The van der Waals surface area contributed by atoms with Crippen molar-refractivity contribution in [3.05, 3.63) is 0 Å². The van der Waals surface area contributed by atoms with Crippen LogP contribution in [-0.2, 0) is 18.6 Å². The van der Waals surface area contributed by atoms with Gasteiger partial charge in [0.15, 0.2) is 0 Å². The van der Waals surface area contributed by atoms with E-state index in [0.717, 1.165) is 18.6 Å². The molecule has 0 aliphatic heterocycles.